The van der Waals surface area contributed by atoms with Crippen molar-refractivity contribution in [3.63, 3.8) is 0 Å². The van der Waals surface area contributed by atoms with Crippen LogP contribution in [0.25, 0.3) is 11.0 Å². The molecule has 0 aliphatic rings. The molecule has 2 aromatic rings. The minimum Gasteiger partial charge on any atom is -0.459 e. The van der Waals surface area contributed by atoms with E-state index in [1.165, 1.54) is 0 Å². The molecule has 0 bridgehead atoms. The molecule has 17 heavy (non-hydrogen) atoms. The first-order chi connectivity index (χ1) is 8.08. The third kappa shape index (κ3) is 2.43. The molecule has 2 rings (SSSR count). The lowest BCUT2D eigenvalue weighted by Crippen LogP contribution is -2.31. The van der Waals surface area contributed by atoms with Gasteiger partial charge in [0, 0.05) is 5.39 Å². The summed E-state index contributed by atoms with van der Waals surface area (Å²) in [6.45, 7) is 1.60. The third-order valence-corrected chi connectivity index (χ3v) is 2.43. The van der Waals surface area contributed by atoms with Gasteiger partial charge >= 0.3 is 6.43 Å². The summed E-state index contributed by atoms with van der Waals surface area (Å²) in [6, 6.07) is 8.45. The van der Waals surface area contributed by atoms with Gasteiger partial charge in [0.05, 0.1) is 6.04 Å². The van der Waals surface area contributed by atoms with Crippen LogP contribution in [0.3, 0.4) is 0 Å². The Kier molecular flexibility index (Phi) is 3.08. The first-order valence-corrected chi connectivity index (χ1v) is 5.15. The van der Waals surface area contributed by atoms with Crippen molar-refractivity contribution in [3.8, 4) is 0 Å². The quantitative estimate of drug-likeness (QED) is 0.894. The van der Waals surface area contributed by atoms with Gasteiger partial charge in [-0.05, 0) is 19.1 Å². The van der Waals surface area contributed by atoms with Crippen LogP contribution in [-0.2, 0) is 4.79 Å². The molecule has 0 aliphatic heterocycles. The molecular weight excluding hydrogens is 228 g/mol. The van der Waals surface area contributed by atoms with Gasteiger partial charge in [-0.3, -0.25) is 4.79 Å². The average molecular weight is 239 g/mol. The number of fused-ring (bicyclic) bond motifs is 1. The summed E-state index contributed by atoms with van der Waals surface area (Å²) in [7, 11) is 0. The Morgan fingerprint density at radius 3 is 2.71 bits per heavy atom. The van der Waals surface area contributed by atoms with Gasteiger partial charge in [-0.1, -0.05) is 18.2 Å². The second-order valence-electron chi connectivity index (χ2n) is 3.72. The number of hydrogen-bond donors (Lipinski definition) is 1. The van der Waals surface area contributed by atoms with Gasteiger partial charge in [-0.25, -0.2) is 0 Å². The summed E-state index contributed by atoms with van der Waals surface area (Å²) in [4.78, 5) is 10.8. The Hall–Kier alpha value is -1.91. The minimum absolute atomic E-state index is 0.459. The maximum atomic E-state index is 12.1. The molecule has 1 amide bonds. The van der Waals surface area contributed by atoms with E-state index in [0.29, 0.717) is 11.3 Å². The first-order valence-electron chi connectivity index (χ1n) is 5.15. The molecule has 1 N–H and O–H groups in total. The van der Waals surface area contributed by atoms with Gasteiger partial charge in [0.1, 0.15) is 11.3 Å². The van der Waals surface area contributed by atoms with Crippen LogP contribution in [0.2, 0.25) is 0 Å². The highest BCUT2D eigenvalue weighted by atomic mass is 19.3. The maximum Gasteiger partial charge on any atom is 0.315 e. The van der Waals surface area contributed by atoms with Crippen molar-refractivity contribution in [1.29, 1.82) is 0 Å². The zero-order valence-electron chi connectivity index (χ0n) is 9.11. The summed E-state index contributed by atoms with van der Waals surface area (Å²) in [5.74, 6) is -0.835. The molecule has 0 aliphatic carbocycles. The molecule has 90 valence electrons. The molecule has 1 atom stereocenters. The first kappa shape index (κ1) is 11.6. The number of hydrogen-bond acceptors (Lipinski definition) is 2. The highest BCUT2D eigenvalue weighted by molar-refractivity contribution is 5.80. The van der Waals surface area contributed by atoms with Crippen LogP contribution in [-0.4, -0.2) is 12.3 Å². The Morgan fingerprint density at radius 1 is 1.35 bits per heavy atom. The molecule has 3 nitrogen and oxygen atoms in total. The van der Waals surface area contributed by atoms with Crippen LogP contribution in [0.4, 0.5) is 8.78 Å². The predicted molar refractivity (Wildman–Crippen MR) is 58.8 cm³/mol. The highest BCUT2D eigenvalue weighted by Crippen LogP contribution is 2.23. The van der Waals surface area contributed by atoms with Crippen molar-refractivity contribution in [2.24, 2.45) is 0 Å². The summed E-state index contributed by atoms with van der Waals surface area (Å²) >= 11 is 0. The number of amides is 1. The molecule has 0 fully saturated rings. The number of para-hydroxylation sites is 1. The van der Waals surface area contributed by atoms with Crippen molar-refractivity contribution < 1.29 is 18.0 Å². The third-order valence-electron chi connectivity index (χ3n) is 2.43. The lowest BCUT2D eigenvalue weighted by Gasteiger charge is -2.10. The van der Waals surface area contributed by atoms with E-state index >= 15 is 0 Å². The monoisotopic (exact) mass is 239 g/mol. The van der Waals surface area contributed by atoms with Crippen molar-refractivity contribution >= 4 is 16.9 Å². The van der Waals surface area contributed by atoms with Gasteiger partial charge in [0.2, 0.25) is 0 Å². The SMILES string of the molecule is CC(NC(=O)C(F)F)c1cc2ccccc2o1. The fraction of sp³-hybridized carbons (Fsp3) is 0.250. The number of nitrogens with one attached hydrogen (secondary N) is 1. The lowest BCUT2D eigenvalue weighted by molar-refractivity contribution is -0.132. The second kappa shape index (κ2) is 4.53. The standard InChI is InChI=1S/C12H11F2NO2/c1-7(15-12(16)11(13)14)10-6-8-4-2-3-5-9(8)17-10/h2-7,11H,1H3,(H,15,16). The lowest BCUT2D eigenvalue weighted by atomic mass is 10.2. The van der Waals surface area contributed by atoms with Crippen molar-refractivity contribution in [1.82, 2.24) is 5.32 Å². The average Bonchev–Trinajstić information content (AvgIpc) is 2.72. The molecule has 1 aromatic heterocycles. The van der Waals surface area contributed by atoms with E-state index in [4.69, 9.17) is 4.42 Å². The molecule has 1 heterocycles. The molecule has 1 aromatic carbocycles. The van der Waals surface area contributed by atoms with Gasteiger partial charge in [0.25, 0.3) is 5.91 Å². The Labute approximate surface area is 96.4 Å². The summed E-state index contributed by atoms with van der Waals surface area (Å²) in [6.07, 6.45) is -3.01. The number of rotatable bonds is 3. The van der Waals surface area contributed by atoms with Crippen molar-refractivity contribution in [2.45, 2.75) is 19.4 Å². The van der Waals surface area contributed by atoms with Crippen LogP contribution in [0.15, 0.2) is 34.7 Å². The van der Waals surface area contributed by atoms with E-state index in [1.807, 2.05) is 18.2 Å². The van der Waals surface area contributed by atoms with Crippen molar-refractivity contribution in [3.05, 3.63) is 36.1 Å². The number of halogens is 2. The molecular formula is C12H11F2NO2. The summed E-state index contributed by atoms with van der Waals surface area (Å²) in [5.41, 5.74) is 0.667. The predicted octanol–water partition coefficient (Wildman–Crippen LogP) is 2.88. The fourth-order valence-corrected chi connectivity index (χ4v) is 1.56. The topological polar surface area (TPSA) is 42.2 Å². The second-order valence-corrected chi connectivity index (χ2v) is 3.72. The Morgan fingerprint density at radius 2 is 2.06 bits per heavy atom. The molecule has 1 unspecified atom stereocenters. The van der Waals surface area contributed by atoms with E-state index in [2.05, 4.69) is 5.32 Å². The minimum atomic E-state index is -3.01. The van der Waals surface area contributed by atoms with Crippen LogP contribution >= 0.6 is 0 Å². The molecule has 0 radical (unpaired) electrons. The number of benzene rings is 1. The van der Waals surface area contributed by atoms with Gasteiger partial charge < -0.3 is 9.73 Å². The van der Waals surface area contributed by atoms with E-state index in [-0.39, 0.29) is 0 Å². The number of furan rings is 1. The normalized spacial score (nSPS) is 12.9. The van der Waals surface area contributed by atoms with Crippen LogP contribution in [0.5, 0.6) is 0 Å². The molecule has 5 heteroatoms. The maximum absolute atomic E-state index is 12.1. The number of alkyl halides is 2. The van der Waals surface area contributed by atoms with Gasteiger partial charge in [-0.15, -0.1) is 0 Å². The zero-order valence-corrected chi connectivity index (χ0v) is 9.11. The van der Waals surface area contributed by atoms with Crippen molar-refractivity contribution in [2.75, 3.05) is 0 Å². The molecule has 0 spiro atoms. The molecule has 0 saturated carbocycles. The van der Waals surface area contributed by atoms with Gasteiger partial charge in [-0.2, -0.15) is 8.78 Å². The summed E-state index contributed by atoms with van der Waals surface area (Å²) < 4.78 is 29.6. The van der Waals surface area contributed by atoms with E-state index in [0.717, 1.165) is 5.39 Å². The zero-order chi connectivity index (χ0) is 12.4. The number of carbonyl (C=O) groups excluding carboxylic acids is 1. The van der Waals surface area contributed by atoms with Crippen LogP contribution in [0, 0.1) is 0 Å². The highest BCUT2D eigenvalue weighted by Gasteiger charge is 2.20. The largest absolute Gasteiger partial charge is 0.459 e. The van der Waals surface area contributed by atoms with E-state index < -0.39 is 18.4 Å². The van der Waals surface area contributed by atoms with Crippen LogP contribution in [0.1, 0.15) is 18.7 Å². The summed E-state index contributed by atoms with van der Waals surface area (Å²) in [5, 5.41) is 3.05. The Balaban J connectivity index is 2.19. The van der Waals surface area contributed by atoms with E-state index in [1.54, 1.807) is 19.1 Å². The molecule has 0 saturated heterocycles. The van der Waals surface area contributed by atoms with E-state index in [9.17, 15) is 13.6 Å². The fourth-order valence-electron chi connectivity index (χ4n) is 1.56. The van der Waals surface area contributed by atoms with Crippen LogP contribution < -0.4 is 5.32 Å². The Bertz CT molecular complexity index is 503. The smallest absolute Gasteiger partial charge is 0.315 e. The van der Waals surface area contributed by atoms with Gasteiger partial charge in [0.15, 0.2) is 0 Å². The number of carbonyl (C=O) groups is 1.